The number of nitrogens with one attached hydrogen (secondary N) is 1. The third-order valence-electron chi connectivity index (χ3n) is 2.48. The molecule has 0 saturated carbocycles. The number of carbonyl (C=O) groups is 2. The minimum Gasteiger partial charge on any atom is -0.479 e. The van der Waals surface area contributed by atoms with Gasteiger partial charge in [0, 0.05) is 0 Å². The molecule has 0 aliphatic heterocycles. The fourth-order valence-corrected chi connectivity index (χ4v) is 1.41. The average molecular weight is 296 g/mol. The minimum absolute atomic E-state index is 0.0742. The number of halogens is 4. The van der Waals surface area contributed by atoms with E-state index in [4.69, 9.17) is 16.7 Å². The van der Waals surface area contributed by atoms with Gasteiger partial charge in [0.25, 0.3) is 5.91 Å². The molecule has 1 amide bonds. The lowest BCUT2D eigenvalue weighted by Gasteiger charge is -2.28. The van der Waals surface area contributed by atoms with Gasteiger partial charge >= 0.3 is 12.1 Å². The Morgan fingerprint density at radius 1 is 1.26 bits per heavy atom. The van der Waals surface area contributed by atoms with Crippen LogP contribution in [0.5, 0.6) is 0 Å². The first-order valence-electron chi connectivity index (χ1n) is 4.97. The van der Waals surface area contributed by atoms with Gasteiger partial charge in [0.1, 0.15) is 0 Å². The lowest BCUT2D eigenvalue weighted by atomic mass is 10.0. The topological polar surface area (TPSA) is 66.4 Å². The molecule has 1 aromatic rings. The van der Waals surface area contributed by atoms with Gasteiger partial charge in [-0.1, -0.05) is 23.7 Å². The second kappa shape index (κ2) is 5.08. The number of alkyl halides is 3. The molecule has 19 heavy (non-hydrogen) atoms. The first-order valence-corrected chi connectivity index (χ1v) is 5.34. The van der Waals surface area contributed by atoms with Crippen molar-refractivity contribution in [2.45, 2.75) is 18.6 Å². The van der Waals surface area contributed by atoms with Gasteiger partial charge in [-0.05, 0) is 19.1 Å². The van der Waals surface area contributed by atoms with E-state index >= 15 is 0 Å². The van der Waals surface area contributed by atoms with E-state index in [1.165, 1.54) is 29.6 Å². The van der Waals surface area contributed by atoms with Crippen molar-refractivity contribution in [3.8, 4) is 0 Å². The fourth-order valence-electron chi connectivity index (χ4n) is 1.19. The maximum absolute atomic E-state index is 12.7. The molecule has 4 nitrogen and oxygen atoms in total. The summed E-state index contributed by atoms with van der Waals surface area (Å²) in [7, 11) is 0. The summed E-state index contributed by atoms with van der Waals surface area (Å²) in [4.78, 5) is 22.4. The van der Waals surface area contributed by atoms with Crippen LogP contribution in [0.3, 0.4) is 0 Å². The summed E-state index contributed by atoms with van der Waals surface area (Å²) in [5, 5.41) is 10.0. The zero-order chi connectivity index (χ0) is 14.8. The Bertz CT molecular complexity index is 518. The Kier molecular flexibility index (Phi) is 4.09. The van der Waals surface area contributed by atoms with Gasteiger partial charge in [-0.25, -0.2) is 4.79 Å². The molecule has 2 N–H and O–H groups in total. The van der Waals surface area contributed by atoms with Crippen LogP contribution in [-0.4, -0.2) is 28.7 Å². The number of carboxylic acid groups (broad SMARTS) is 1. The third kappa shape index (κ3) is 2.98. The molecule has 0 fully saturated rings. The molecule has 0 radical (unpaired) electrons. The molecule has 1 rings (SSSR count). The molecule has 0 heterocycles. The second-order valence-electron chi connectivity index (χ2n) is 3.86. The number of hydrogen-bond acceptors (Lipinski definition) is 2. The molecule has 0 aliphatic rings. The standard InChI is InChI=1S/C11H9ClF3NO3/c1-10(9(18)19,11(13,14)15)16-8(17)6-4-2-3-5-7(6)12/h2-5H,1H3,(H,16,17)(H,18,19). The summed E-state index contributed by atoms with van der Waals surface area (Å²) < 4.78 is 38.1. The molecule has 0 saturated heterocycles. The van der Waals surface area contributed by atoms with Crippen LogP contribution in [0, 0.1) is 0 Å². The Balaban J connectivity index is 3.10. The SMILES string of the molecule is CC(NC(=O)c1ccccc1Cl)(C(=O)O)C(F)(F)F. The molecule has 0 bridgehead atoms. The van der Waals surface area contributed by atoms with Crippen LogP contribution in [0.15, 0.2) is 24.3 Å². The van der Waals surface area contributed by atoms with E-state index in [0.717, 1.165) is 0 Å². The van der Waals surface area contributed by atoms with Crippen LogP contribution >= 0.6 is 11.6 Å². The largest absolute Gasteiger partial charge is 0.479 e. The zero-order valence-electron chi connectivity index (χ0n) is 9.58. The van der Waals surface area contributed by atoms with Crippen molar-refractivity contribution in [3.63, 3.8) is 0 Å². The third-order valence-corrected chi connectivity index (χ3v) is 2.81. The van der Waals surface area contributed by atoms with Gasteiger partial charge in [0.05, 0.1) is 10.6 Å². The van der Waals surface area contributed by atoms with E-state index in [0.29, 0.717) is 6.92 Å². The van der Waals surface area contributed by atoms with Crippen molar-refractivity contribution >= 4 is 23.5 Å². The maximum Gasteiger partial charge on any atom is 0.422 e. The summed E-state index contributed by atoms with van der Waals surface area (Å²) in [5.74, 6) is -3.42. The lowest BCUT2D eigenvalue weighted by molar-refractivity contribution is -0.203. The number of aliphatic carboxylic acids is 1. The molecule has 1 atom stereocenters. The van der Waals surface area contributed by atoms with E-state index in [1.54, 1.807) is 0 Å². The predicted octanol–water partition coefficient (Wildman–Crippen LogP) is 2.48. The van der Waals surface area contributed by atoms with Crippen molar-refractivity contribution in [2.75, 3.05) is 0 Å². The molecule has 0 aromatic heterocycles. The second-order valence-corrected chi connectivity index (χ2v) is 4.27. The van der Waals surface area contributed by atoms with Crippen LogP contribution in [0.4, 0.5) is 13.2 Å². The molecular formula is C11H9ClF3NO3. The molecule has 104 valence electrons. The summed E-state index contributed by atoms with van der Waals surface area (Å²) in [6, 6.07) is 5.38. The Hall–Kier alpha value is -1.76. The number of amides is 1. The zero-order valence-corrected chi connectivity index (χ0v) is 10.3. The quantitative estimate of drug-likeness (QED) is 0.900. The van der Waals surface area contributed by atoms with Crippen LogP contribution in [0.25, 0.3) is 0 Å². The van der Waals surface area contributed by atoms with Crippen LogP contribution in [0.1, 0.15) is 17.3 Å². The molecule has 8 heteroatoms. The van der Waals surface area contributed by atoms with Gasteiger partial charge in [0.2, 0.25) is 5.54 Å². The molecule has 1 aromatic carbocycles. The number of carbonyl (C=O) groups excluding carboxylic acids is 1. The first-order chi connectivity index (χ1) is 8.59. The van der Waals surface area contributed by atoms with Crippen molar-refractivity contribution in [2.24, 2.45) is 0 Å². The fraction of sp³-hybridized carbons (Fsp3) is 0.273. The van der Waals surface area contributed by atoms with Crippen molar-refractivity contribution in [1.29, 1.82) is 0 Å². The Morgan fingerprint density at radius 2 is 1.79 bits per heavy atom. The van der Waals surface area contributed by atoms with Crippen LogP contribution in [0.2, 0.25) is 5.02 Å². The molecular weight excluding hydrogens is 287 g/mol. The van der Waals surface area contributed by atoms with Gasteiger partial charge in [-0.3, -0.25) is 4.79 Å². The van der Waals surface area contributed by atoms with Gasteiger partial charge < -0.3 is 10.4 Å². The van der Waals surface area contributed by atoms with Crippen molar-refractivity contribution in [3.05, 3.63) is 34.9 Å². The van der Waals surface area contributed by atoms with E-state index in [-0.39, 0.29) is 10.6 Å². The van der Waals surface area contributed by atoms with Crippen molar-refractivity contribution in [1.82, 2.24) is 5.32 Å². The highest BCUT2D eigenvalue weighted by Crippen LogP contribution is 2.31. The predicted molar refractivity (Wildman–Crippen MR) is 61.0 cm³/mol. The number of benzene rings is 1. The van der Waals surface area contributed by atoms with Gasteiger partial charge in [-0.15, -0.1) is 0 Å². The lowest BCUT2D eigenvalue weighted by Crippen LogP contribution is -2.61. The van der Waals surface area contributed by atoms with Gasteiger partial charge in [-0.2, -0.15) is 13.2 Å². The monoisotopic (exact) mass is 295 g/mol. The summed E-state index contributed by atoms with van der Waals surface area (Å²) >= 11 is 5.65. The van der Waals surface area contributed by atoms with E-state index in [2.05, 4.69) is 0 Å². The minimum atomic E-state index is -5.14. The summed E-state index contributed by atoms with van der Waals surface area (Å²) in [5.41, 5.74) is -3.62. The van der Waals surface area contributed by atoms with Gasteiger partial charge in [0.15, 0.2) is 0 Å². The van der Waals surface area contributed by atoms with Crippen molar-refractivity contribution < 1.29 is 27.9 Å². The van der Waals surface area contributed by atoms with Crippen LogP contribution < -0.4 is 5.32 Å². The van der Waals surface area contributed by atoms with Crippen LogP contribution in [-0.2, 0) is 4.79 Å². The highest BCUT2D eigenvalue weighted by atomic mass is 35.5. The number of rotatable bonds is 3. The molecule has 0 spiro atoms. The molecule has 1 unspecified atom stereocenters. The summed E-state index contributed by atoms with van der Waals surface area (Å²) in [6.45, 7) is 0.365. The first kappa shape index (κ1) is 15.3. The average Bonchev–Trinajstić information content (AvgIpc) is 2.27. The highest BCUT2D eigenvalue weighted by Gasteiger charge is 2.58. The number of hydrogen-bond donors (Lipinski definition) is 2. The van der Waals surface area contributed by atoms with E-state index in [9.17, 15) is 22.8 Å². The Morgan fingerprint density at radius 3 is 2.21 bits per heavy atom. The van der Waals surface area contributed by atoms with E-state index < -0.39 is 23.6 Å². The van der Waals surface area contributed by atoms with E-state index in [1.807, 2.05) is 0 Å². The number of carboxylic acids is 1. The normalized spacial score (nSPS) is 14.6. The maximum atomic E-state index is 12.7. The molecule has 0 aliphatic carbocycles. The highest BCUT2D eigenvalue weighted by molar-refractivity contribution is 6.33. The smallest absolute Gasteiger partial charge is 0.422 e. The summed E-state index contributed by atoms with van der Waals surface area (Å²) in [6.07, 6.45) is -5.14. The Labute approximate surface area is 111 Å².